The first-order valence-corrected chi connectivity index (χ1v) is 10.9. The lowest BCUT2D eigenvalue weighted by Gasteiger charge is -2.32. The molecular weight excluding hydrogens is 408 g/mol. The van der Waals surface area contributed by atoms with E-state index in [2.05, 4.69) is 0 Å². The number of carbonyl (C=O) groups excluding carboxylic acids is 1. The topological polar surface area (TPSA) is 57.7 Å². The van der Waals surface area contributed by atoms with E-state index in [1.54, 1.807) is 49.5 Å². The van der Waals surface area contributed by atoms with Gasteiger partial charge >= 0.3 is 0 Å². The predicted molar refractivity (Wildman–Crippen MR) is 114 cm³/mol. The van der Waals surface area contributed by atoms with Crippen LogP contribution in [-0.2, 0) is 21.4 Å². The lowest BCUT2D eigenvalue weighted by atomic mass is 10.0. The summed E-state index contributed by atoms with van der Waals surface area (Å²) in [7, 11) is -2.20. The summed E-state index contributed by atoms with van der Waals surface area (Å²) in [5.41, 5.74) is 2.71. The number of hydrogen-bond acceptors (Lipinski definition) is 3. The highest BCUT2D eigenvalue weighted by Crippen LogP contribution is 2.43. The first kappa shape index (κ1) is 19.5. The molecule has 3 aromatic rings. The van der Waals surface area contributed by atoms with Crippen LogP contribution in [0.5, 0.6) is 0 Å². The van der Waals surface area contributed by atoms with E-state index in [9.17, 15) is 13.2 Å². The normalized spacial score (nSPS) is 14.1. The highest BCUT2D eigenvalue weighted by molar-refractivity contribution is 7.93. The van der Waals surface area contributed by atoms with Crippen molar-refractivity contribution in [2.45, 2.75) is 11.4 Å². The molecule has 4 rings (SSSR count). The monoisotopic (exact) mass is 426 g/mol. The minimum Gasteiger partial charge on any atom is -0.340 e. The highest BCUT2D eigenvalue weighted by atomic mass is 35.5. The average Bonchev–Trinajstić information content (AvgIpc) is 2.72. The molecule has 0 saturated heterocycles. The van der Waals surface area contributed by atoms with Crippen LogP contribution < -0.4 is 4.31 Å². The standard InChI is InChI=1S/C22H19ClN2O3S/c1-24(14-16-7-3-2-4-8-16)22(26)15-25-20-12-11-17(23)13-19(20)18-9-5-6-10-21(18)29(25,27)28/h2-13H,14-15H2,1H3. The number of carbonyl (C=O) groups is 1. The summed E-state index contributed by atoms with van der Waals surface area (Å²) in [6, 6.07) is 21.3. The largest absolute Gasteiger partial charge is 0.340 e. The van der Waals surface area contributed by atoms with Gasteiger partial charge < -0.3 is 4.90 Å². The Labute approximate surface area is 175 Å². The second-order valence-electron chi connectivity index (χ2n) is 6.90. The maximum absolute atomic E-state index is 13.3. The third-order valence-corrected chi connectivity index (χ3v) is 6.99. The molecule has 1 aliphatic heterocycles. The smallest absolute Gasteiger partial charge is 0.265 e. The van der Waals surface area contributed by atoms with Crippen LogP contribution in [0.2, 0.25) is 5.02 Å². The SMILES string of the molecule is CN(Cc1ccccc1)C(=O)CN1c2ccc(Cl)cc2-c2ccccc2S1(=O)=O. The van der Waals surface area contributed by atoms with E-state index in [4.69, 9.17) is 11.6 Å². The molecule has 1 amide bonds. The molecule has 148 valence electrons. The summed E-state index contributed by atoms with van der Waals surface area (Å²) in [6.07, 6.45) is 0. The van der Waals surface area contributed by atoms with Gasteiger partial charge in [-0.05, 0) is 29.8 Å². The fraction of sp³-hybridized carbons (Fsp3) is 0.136. The molecule has 0 spiro atoms. The summed E-state index contributed by atoms with van der Waals surface area (Å²) in [5.74, 6) is -0.294. The van der Waals surface area contributed by atoms with Gasteiger partial charge in [0.25, 0.3) is 10.0 Å². The van der Waals surface area contributed by atoms with E-state index < -0.39 is 10.0 Å². The Morgan fingerprint density at radius 2 is 1.66 bits per heavy atom. The number of sulfonamides is 1. The van der Waals surface area contributed by atoms with Crippen LogP contribution in [0.15, 0.2) is 77.7 Å². The Bertz CT molecular complexity index is 1180. The molecule has 1 heterocycles. The van der Waals surface area contributed by atoms with Gasteiger partial charge in [-0.2, -0.15) is 0 Å². The number of nitrogens with zero attached hydrogens (tertiary/aromatic N) is 2. The van der Waals surface area contributed by atoms with Crippen molar-refractivity contribution in [2.75, 3.05) is 17.9 Å². The van der Waals surface area contributed by atoms with E-state index in [1.807, 2.05) is 30.3 Å². The summed E-state index contributed by atoms with van der Waals surface area (Å²) in [4.78, 5) is 14.6. The van der Waals surface area contributed by atoms with Gasteiger partial charge in [-0.1, -0.05) is 60.1 Å². The Balaban J connectivity index is 1.69. The number of amides is 1. The molecule has 29 heavy (non-hydrogen) atoms. The first-order valence-electron chi connectivity index (χ1n) is 9.07. The van der Waals surface area contributed by atoms with Crippen molar-refractivity contribution in [1.29, 1.82) is 0 Å². The van der Waals surface area contributed by atoms with Crippen molar-refractivity contribution in [3.05, 3.63) is 83.4 Å². The molecule has 0 aromatic heterocycles. The van der Waals surface area contributed by atoms with Crippen LogP contribution in [0.1, 0.15) is 5.56 Å². The Morgan fingerprint density at radius 1 is 0.966 bits per heavy atom. The highest BCUT2D eigenvalue weighted by Gasteiger charge is 2.36. The van der Waals surface area contributed by atoms with Crippen LogP contribution >= 0.6 is 11.6 Å². The molecule has 0 bridgehead atoms. The number of hydrogen-bond donors (Lipinski definition) is 0. The molecule has 3 aromatic carbocycles. The number of anilines is 1. The molecule has 5 nitrogen and oxygen atoms in total. The zero-order valence-electron chi connectivity index (χ0n) is 15.7. The van der Waals surface area contributed by atoms with Gasteiger partial charge in [0, 0.05) is 29.7 Å². The van der Waals surface area contributed by atoms with E-state index in [-0.39, 0.29) is 17.3 Å². The second kappa shape index (κ2) is 7.54. The number of halogens is 1. The number of likely N-dealkylation sites (N-methyl/N-ethyl adjacent to an activating group) is 1. The molecule has 7 heteroatoms. The van der Waals surface area contributed by atoms with Crippen molar-refractivity contribution >= 4 is 33.2 Å². The summed E-state index contributed by atoms with van der Waals surface area (Å²) >= 11 is 6.17. The fourth-order valence-electron chi connectivity index (χ4n) is 3.46. The molecule has 0 unspecified atom stereocenters. The Hall–Kier alpha value is -2.83. The number of benzene rings is 3. The fourth-order valence-corrected chi connectivity index (χ4v) is 5.28. The summed E-state index contributed by atoms with van der Waals surface area (Å²) in [6.45, 7) is 0.117. The lowest BCUT2D eigenvalue weighted by Crippen LogP contribution is -2.43. The summed E-state index contributed by atoms with van der Waals surface area (Å²) < 4.78 is 27.8. The van der Waals surface area contributed by atoms with Gasteiger partial charge in [0.05, 0.1) is 10.6 Å². The van der Waals surface area contributed by atoms with Crippen molar-refractivity contribution in [3.63, 3.8) is 0 Å². The third-order valence-electron chi connectivity index (χ3n) is 4.94. The van der Waals surface area contributed by atoms with Gasteiger partial charge in [-0.3, -0.25) is 9.10 Å². The number of fused-ring (bicyclic) bond motifs is 3. The molecule has 0 radical (unpaired) electrons. The van der Waals surface area contributed by atoms with Crippen LogP contribution in [0.3, 0.4) is 0 Å². The lowest BCUT2D eigenvalue weighted by molar-refractivity contribution is -0.128. The van der Waals surface area contributed by atoms with Crippen molar-refractivity contribution in [1.82, 2.24) is 4.90 Å². The Morgan fingerprint density at radius 3 is 2.41 bits per heavy atom. The third kappa shape index (κ3) is 3.61. The van der Waals surface area contributed by atoms with Gasteiger partial charge in [-0.25, -0.2) is 8.42 Å². The molecular formula is C22H19ClN2O3S. The maximum atomic E-state index is 13.3. The molecule has 0 aliphatic carbocycles. The van der Waals surface area contributed by atoms with Gasteiger partial charge in [-0.15, -0.1) is 0 Å². The first-order chi connectivity index (χ1) is 13.9. The van der Waals surface area contributed by atoms with Crippen molar-refractivity contribution in [3.8, 4) is 11.1 Å². The average molecular weight is 427 g/mol. The van der Waals surface area contributed by atoms with Crippen LogP contribution in [-0.4, -0.2) is 32.8 Å². The second-order valence-corrected chi connectivity index (χ2v) is 9.17. The van der Waals surface area contributed by atoms with Crippen molar-refractivity contribution in [2.24, 2.45) is 0 Å². The zero-order chi connectivity index (χ0) is 20.6. The van der Waals surface area contributed by atoms with Crippen LogP contribution in [0.4, 0.5) is 5.69 Å². The van der Waals surface area contributed by atoms with Gasteiger partial charge in [0.15, 0.2) is 0 Å². The molecule has 1 aliphatic rings. The summed E-state index contributed by atoms with van der Waals surface area (Å²) in [5, 5.41) is 0.505. The maximum Gasteiger partial charge on any atom is 0.265 e. The van der Waals surface area contributed by atoms with E-state index in [1.165, 1.54) is 9.21 Å². The molecule has 0 saturated carbocycles. The van der Waals surface area contributed by atoms with E-state index >= 15 is 0 Å². The zero-order valence-corrected chi connectivity index (χ0v) is 17.3. The molecule has 0 fully saturated rings. The molecule has 0 atom stereocenters. The minimum absolute atomic E-state index is 0.174. The van der Waals surface area contributed by atoms with Crippen molar-refractivity contribution < 1.29 is 13.2 Å². The predicted octanol–water partition coefficient (Wildman–Crippen LogP) is 4.17. The number of rotatable bonds is 4. The van der Waals surface area contributed by atoms with Crippen LogP contribution in [0.25, 0.3) is 11.1 Å². The Kier molecular flexibility index (Phi) is 5.06. The van der Waals surface area contributed by atoms with Gasteiger partial charge in [0.2, 0.25) is 5.91 Å². The minimum atomic E-state index is -3.87. The quantitative estimate of drug-likeness (QED) is 0.629. The van der Waals surface area contributed by atoms with E-state index in [0.29, 0.717) is 28.4 Å². The molecule has 0 N–H and O–H groups in total. The van der Waals surface area contributed by atoms with Crippen LogP contribution in [0, 0.1) is 0 Å². The van der Waals surface area contributed by atoms with E-state index in [0.717, 1.165) is 5.56 Å². The van der Waals surface area contributed by atoms with Gasteiger partial charge in [0.1, 0.15) is 6.54 Å².